The molecule has 1 saturated heterocycles. The highest BCUT2D eigenvalue weighted by molar-refractivity contribution is 5.93. The molecule has 38 heavy (non-hydrogen) atoms. The molecule has 13 nitrogen and oxygen atoms in total. The molecule has 5 heterocycles. The molecule has 4 aromatic heterocycles. The van der Waals surface area contributed by atoms with Crippen LogP contribution in [0, 0.1) is 0 Å². The first kappa shape index (κ1) is 25.1. The molecule has 0 radical (unpaired) electrons. The average molecular weight is 527 g/mol. The second-order valence-corrected chi connectivity index (χ2v) is 9.01. The van der Waals surface area contributed by atoms with Gasteiger partial charge < -0.3 is 14.8 Å². The molecule has 0 aromatic carbocycles. The number of aromatic nitrogens is 8. The number of carbonyl (C=O) groups excluding carboxylic acids is 1. The van der Waals surface area contributed by atoms with Gasteiger partial charge in [0.2, 0.25) is 11.9 Å². The number of carbonyl (C=O) groups is 1. The second kappa shape index (κ2) is 9.72. The summed E-state index contributed by atoms with van der Waals surface area (Å²) >= 11 is 0. The summed E-state index contributed by atoms with van der Waals surface area (Å²) in [6.45, 7) is 1.26. The van der Waals surface area contributed by atoms with Gasteiger partial charge in [0.25, 0.3) is 5.56 Å². The normalized spacial score (nSPS) is 16.4. The van der Waals surface area contributed by atoms with Gasteiger partial charge in [0, 0.05) is 38.2 Å². The molecular formula is C23H24F2N10O3. The molecule has 1 amide bonds. The fourth-order valence-corrected chi connectivity index (χ4v) is 4.44. The van der Waals surface area contributed by atoms with Crippen molar-refractivity contribution in [2.24, 2.45) is 7.05 Å². The van der Waals surface area contributed by atoms with Crippen LogP contribution in [0.1, 0.15) is 39.3 Å². The smallest absolute Gasteiger partial charge is 0.336 e. The molecule has 2 atom stereocenters. The number of fused-ring (bicyclic) bond motifs is 1. The first-order valence-corrected chi connectivity index (χ1v) is 11.9. The van der Waals surface area contributed by atoms with Crippen LogP contribution in [0.5, 0.6) is 0 Å². The summed E-state index contributed by atoms with van der Waals surface area (Å²) in [6, 6.07) is 0.794. The van der Waals surface area contributed by atoms with Crippen molar-refractivity contribution in [3.63, 3.8) is 0 Å². The van der Waals surface area contributed by atoms with Crippen molar-refractivity contribution in [2.45, 2.75) is 45.3 Å². The third-order valence-corrected chi connectivity index (χ3v) is 6.61. The van der Waals surface area contributed by atoms with Crippen molar-refractivity contribution in [1.29, 1.82) is 0 Å². The number of nitrogens with one attached hydrogen (secondary N) is 1. The molecule has 15 heteroatoms. The molecule has 5 rings (SSSR count). The van der Waals surface area contributed by atoms with Crippen molar-refractivity contribution in [3.8, 4) is 11.4 Å². The lowest BCUT2D eigenvalue weighted by molar-refractivity contribution is -0.118. The molecule has 0 spiro atoms. The summed E-state index contributed by atoms with van der Waals surface area (Å²) in [5.74, 6) is 0.499. The van der Waals surface area contributed by atoms with Crippen molar-refractivity contribution < 1.29 is 13.6 Å². The van der Waals surface area contributed by atoms with E-state index in [1.165, 1.54) is 19.2 Å². The van der Waals surface area contributed by atoms with Crippen LogP contribution in [0.3, 0.4) is 0 Å². The minimum Gasteiger partial charge on any atom is -0.338 e. The van der Waals surface area contributed by atoms with E-state index in [0.29, 0.717) is 27.9 Å². The number of amides is 1. The summed E-state index contributed by atoms with van der Waals surface area (Å²) in [6.07, 6.45) is 7.94. The lowest BCUT2D eigenvalue weighted by Gasteiger charge is -2.20. The number of rotatable bonds is 6. The van der Waals surface area contributed by atoms with Crippen LogP contribution in [0.15, 0.2) is 40.6 Å². The Hall–Kier alpha value is -4.56. The summed E-state index contributed by atoms with van der Waals surface area (Å²) < 4.78 is 28.8. The predicted molar refractivity (Wildman–Crippen MR) is 133 cm³/mol. The molecule has 0 unspecified atom stereocenters. The molecule has 0 bridgehead atoms. The third-order valence-electron chi connectivity index (χ3n) is 6.61. The molecule has 1 fully saturated rings. The highest BCUT2D eigenvalue weighted by atomic mass is 19.3. The van der Waals surface area contributed by atoms with Gasteiger partial charge in [0.05, 0.1) is 11.9 Å². The van der Waals surface area contributed by atoms with Crippen molar-refractivity contribution in [3.05, 3.63) is 51.8 Å². The Morgan fingerprint density at radius 1 is 1.16 bits per heavy atom. The van der Waals surface area contributed by atoms with Gasteiger partial charge in [-0.1, -0.05) is 0 Å². The van der Waals surface area contributed by atoms with E-state index in [2.05, 4.69) is 42.1 Å². The first-order chi connectivity index (χ1) is 18.2. The van der Waals surface area contributed by atoms with Gasteiger partial charge in [-0.25, -0.2) is 34.3 Å². The number of hydrogen-bond acceptors (Lipinski definition) is 9. The van der Waals surface area contributed by atoms with E-state index in [4.69, 9.17) is 0 Å². The molecule has 1 aliphatic rings. The van der Waals surface area contributed by atoms with E-state index >= 15 is 0 Å². The first-order valence-electron chi connectivity index (χ1n) is 11.9. The second-order valence-electron chi connectivity index (χ2n) is 9.01. The molecular weight excluding hydrogens is 502 g/mol. The zero-order valence-corrected chi connectivity index (χ0v) is 20.7. The monoisotopic (exact) mass is 526 g/mol. The summed E-state index contributed by atoms with van der Waals surface area (Å²) in [5.41, 5.74) is -2.32. The highest BCUT2D eigenvalue weighted by Gasteiger charge is 2.26. The lowest BCUT2D eigenvalue weighted by atomic mass is 10.2. The van der Waals surface area contributed by atoms with E-state index in [9.17, 15) is 23.2 Å². The Balaban J connectivity index is 1.39. The van der Waals surface area contributed by atoms with E-state index in [-0.39, 0.29) is 15.9 Å². The van der Waals surface area contributed by atoms with Crippen molar-refractivity contribution in [2.75, 3.05) is 16.8 Å². The van der Waals surface area contributed by atoms with Crippen LogP contribution in [-0.2, 0) is 11.8 Å². The minimum absolute atomic E-state index is 0.103. The maximum Gasteiger partial charge on any atom is 0.336 e. The highest BCUT2D eigenvalue weighted by Crippen LogP contribution is 2.24. The molecule has 0 aliphatic carbocycles. The quantitative estimate of drug-likeness (QED) is 0.397. The minimum atomic E-state index is -3.22. The Morgan fingerprint density at radius 3 is 2.55 bits per heavy atom. The van der Waals surface area contributed by atoms with Gasteiger partial charge >= 0.3 is 12.2 Å². The Bertz CT molecular complexity index is 1630. The van der Waals surface area contributed by atoms with Crippen LogP contribution in [0.4, 0.5) is 20.5 Å². The molecule has 1 N–H and O–H groups in total. The van der Waals surface area contributed by atoms with Crippen LogP contribution in [0.25, 0.3) is 22.6 Å². The Kier molecular flexibility index (Phi) is 6.42. The molecule has 4 aromatic rings. The topological polar surface area (TPSA) is 146 Å². The number of alkyl halides is 2. The molecule has 0 saturated carbocycles. The van der Waals surface area contributed by atoms with Gasteiger partial charge in [-0.2, -0.15) is 8.78 Å². The van der Waals surface area contributed by atoms with Gasteiger partial charge in [0.15, 0.2) is 17.0 Å². The zero-order valence-electron chi connectivity index (χ0n) is 20.7. The lowest BCUT2D eigenvalue weighted by Crippen LogP contribution is -2.39. The summed E-state index contributed by atoms with van der Waals surface area (Å²) in [7, 11) is 1.08. The van der Waals surface area contributed by atoms with E-state index < -0.39 is 35.4 Å². The van der Waals surface area contributed by atoms with E-state index in [1.807, 2.05) is 0 Å². The van der Waals surface area contributed by atoms with Crippen molar-refractivity contribution in [1.82, 2.24) is 38.6 Å². The van der Waals surface area contributed by atoms with Gasteiger partial charge in [0.1, 0.15) is 11.9 Å². The largest absolute Gasteiger partial charge is 0.338 e. The Labute approximate surface area is 213 Å². The number of imidazole rings is 1. The standard InChI is InChI=1S/C23H24F2N10O3/c1-12-5-4-8-33(12)22-27-9-14(10-28-22)17-26-7-6-15(30-17)31-19(36)13(2)34-11-29-18-16(34)20(37)32(3)23(38)35(18)21(24)25/h6-7,9-13,21H,4-5,8H2,1-3H3,(H,26,30,31,36)/t12-,13+/m1/s1. The molecule has 198 valence electrons. The van der Waals surface area contributed by atoms with E-state index in [0.717, 1.165) is 37.3 Å². The van der Waals surface area contributed by atoms with E-state index in [1.54, 1.807) is 12.4 Å². The van der Waals surface area contributed by atoms with Crippen molar-refractivity contribution >= 4 is 28.8 Å². The number of halogens is 2. The molecule has 1 aliphatic heterocycles. The van der Waals surface area contributed by atoms with Gasteiger partial charge in [-0.3, -0.25) is 14.2 Å². The van der Waals surface area contributed by atoms with Gasteiger partial charge in [-0.05, 0) is 32.8 Å². The maximum atomic E-state index is 13.5. The average Bonchev–Trinajstić information content (AvgIpc) is 3.53. The SMILES string of the molecule is C[C@@H]1CCCN1c1ncc(-c2nccc(NC(=O)[C@H](C)n3cnc4c3c(=O)n(C)c(=O)n4C(F)F)n2)cn1. The number of anilines is 2. The fraction of sp³-hybridized carbons (Fsp3) is 0.391. The summed E-state index contributed by atoms with van der Waals surface area (Å²) in [5, 5.41) is 2.64. The van der Waals surface area contributed by atoms with Crippen LogP contribution in [-0.4, -0.2) is 57.1 Å². The predicted octanol–water partition coefficient (Wildman–Crippen LogP) is 1.73. The fourth-order valence-electron chi connectivity index (χ4n) is 4.44. The van der Waals surface area contributed by atoms with Crippen LogP contribution < -0.4 is 21.5 Å². The number of hydrogen-bond donors (Lipinski definition) is 1. The van der Waals surface area contributed by atoms with Crippen LogP contribution >= 0.6 is 0 Å². The third kappa shape index (κ3) is 4.29. The maximum absolute atomic E-state index is 13.5. The summed E-state index contributed by atoms with van der Waals surface area (Å²) in [4.78, 5) is 61.3. The number of nitrogens with zero attached hydrogens (tertiary/aromatic N) is 9. The van der Waals surface area contributed by atoms with Crippen LogP contribution in [0.2, 0.25) is 0 Å². The van der Waals surface area contributed by atoms with Gasteiger partial charge in [-0.15, -0.1) is 0 Å². The Morgan fingerprint density at radius 2 is 1.89 bits per heavy atom. The zero-order chi connectivity index (χ0) is 27.1.